The Balaban J connectivity index is 1.22. The van der Waals surface area contributed by atoms with Crippen molar-refractivity contribution < 1.29 is 26.8 Å². The molecule has 1 atom stereocenters. The number of carbonyl (C=O) groups excluding carboxylic acids is 1. The molecule has 0 radical (unpaired) electrons. The first-order chi connectivity index (χ1) is 18.7. The normalized spacial score (nSPS) is 15.9. The number of anilines is 1. The number of hydrogen-bond acceptors (Lipinski definition) is 7. The number of nitrogens with one attached hydrogen (secondary N) is 1. The lowest BCUT2D eigenvalue weighted by Gasteiger charge is -2.22. The fourth-order valence-corrected chi connectivity index (χ4v) is 6.14. The first-order valence-corrected chi connectivity index (χ1v) is 14.0. The first-order valence-electron chi connectivity index (χ1n) is 12.5. The van der Waals surface area contributed by atoms with E-state index in [1.54, 1.807) is 0 Å². The zero-order chi connectivity index (χ0) is 27.6. The zero-order valence-corrected chi connectivity index (χ0v) is 22.4. The largest absolute Gasteiger partial charge is 0.487 e. The number of carbonyl (C=O) groups is 1. The smallest absolute Gasteiger partial charge is 0.277 e. The van der Waals surface area contributed by atoms with Gasteiger partial charge in [0.1, 0.15) is 35.6 Å². The number of rotatable bonds is 9. The summed E-state index contributed by atoms with van der Waals surface area (Å²) in [5.74, 6) is 0.583. The average Bonchev–Trinajstić information content (AvgIpc) is 3.59. The van der Waals surface area contributed by atoms with Crippen LogP contribution in [-0.4, -0.2) is 50.3 Å². The molecule has 4 aromatic rings. The molecule has 0 aliphatic carbocycles. The summed E-state index contributed by atoms with van der Waals surface area (Å²) in [5, 5.41) is 2.89. The van der Waals surface area contributed by atoms with Gasteiger partial charge in [0.2, 0.25) is 11.0 Å². The number of pyridine rings is 1. The minimum absolute atomic E-state index is 0.193. The van der Waals surface area contributed by atoms with Crippen molar-refractivity contribution in [1.29, 1.82) is 0 Å². The van der Waals surface area contributed by atoms with Gasteiger partial charge in [-0.1, -0.05) is 18.2 Å². The Labute approximate surface area is 226 Å². The summed E-state index contributed by atoms with van der Waals surface area (Å²) in [5.41, 5.74) is 1.86. The van der Waals surface area contributed by atoms with Crippen molar-refractivity contribution in [3.63, 3.8) is 0 Å². The molecule has 1 aliphatic rings. The quantitative estimate of drug-likeness (QED) is 0.334. The second-order valence-corrected chi connectivity index (χ2v) is 11.4. The van der Waals surface area contributed by atoms with E-state index in [-0.39, 0.29) is 23.8 Å². The van der Waals surface area contributed by atoms with Crippen molar-refractivity contribution in [3.05, 3.63) is 83.8 Å². The van der Waals surface area contributed by atoms with E-state index < -0.39 is 27.8 Å². The van der Waals surface area contributed by atoms with E-state index in [2.05, 4.69) is 10.3 Å². The van der Waals surface area contributed by atoms with Gasteiger partial charge in [0.25, 0.3) is 10.0 Å². The zero-order valence-electron chi connectivity index (χ0n) is 21.6. The SMILES string of the molecule is CN(C)c1cccc(COc2cccc(CNC(=O)C3CCCN3S(=O)(=O)c3cc4cc(F)ccc4o3)c2)n1. The lowest BCUT2D eigenvalue weighted by atomic mass is 10.2. The highest BCUT2D eigenvalue weighted by Crippen LogP contribution is 2.30. The van der Waals surface area contributed by atoms with Crippen molar-refractivity contribution in [2.24, 2.45) is 0 Å². The van der Waals surface area contributed by atoms with Crippen LogP contribution in [0.3, 0.4) is 0 Å². The van der Waals surface area contributed by atoms with Crippen LogP contribution < -0.4 is 15.0 Å². The minimum atomic E-state index is -4.09. The van der Waals surface area contributed by atoms with Crippen molar-refractivity contribution >= 4 is 32.7 Å². The van der Waals surface area contributed by atoms with Crippen LogP contribution in [-0.2, 0) is 28.0 Å². The number of hydrogen-bond donors (Lipinski definition) is 1. The molecule has 0 bridgehead atoms. The third kappa shape index (κ3) is 5.89. The summed E-state index contributed by atoms with van der Waals surface area (Å²) < 4.78 is 52.7. The second kappa shape index (κ2) is 11.0. The summed E-state index contributed by atoms with van der Waals surface area (Å²) in [4.78, 5) is 19.5. The van der Waals surface area contributed by atoms with Gasteiger partial charge >= 0.3 is 0 Å². The highest BCUT2D eigenvalue weighted by molar-refractivity contribution is 7.89. The van der Waals surface area contributed by atoms with Crippen LogP contribution >= 0.6 is 0 Å². The maximum Gasteiger partial charge on any atom is 0.277 e. The van der Waals surface area contributed by atoms with Gasteiger partial charge in [-0.25, -0.2) is 17.8 Å². The Morgan fingerprint density at radius 2 is 1.97 bits per heavy atom. The number of benzene rings is 2. The highest BCUT2D eigenvalue weighted by atomic mass is 32.2. The van der Waals surface area contributed by atoms with Gasteiger partial charge in [-0.05, 0) is 60.9 Å². The van der Waals surface area contributed by atoms with Crippen molar-refractivity contribution in [3.8, 4) is 5.75 Å². The van der Waals surface area contributed by atoms with Gasteiger partial charge in [0.05, 0.1) is 5.69 Å². The molecule has 1 N–H and O–H groups in total. The van der Waals surface area contributed by atoms with E-state index >= 15 is 0 Å². The number of aromatic nitrogens is 1. The van der Waals surface area contributed by atoms with Crippen LogP contribution in [0, 0.1) is 5.82 Å². The van der Waals surface area contributed by atoms with Crippen LogP contribution in [0.15, 0.2) is 76.2 Å². The molecular formula is C28H29FN4O5S. The molecule has 0 saturated carbocycles. The summed E-state index contributed by atoms with van der Waals surface area (Å²) in [6.07, 6.45) is 0.931. The number of sulfonamides is 1. The molecule has 3 heterocycles. The molecule has 2 aromatic carbocycles. The fourth-order valence-electron chi connectivity index (χ4n) is 4.53. The average molecular weight is 553 g/mol. The molecule has 204 valence electrons. The molecule has 1 saturated heterocycles. The number of amides is 1. The Morgan fingerprint density at radius 3 is 2.79 bits per heavy atom. The monoisotopic (exact) mass is 552 g/mol. The third-order valence-electron chi connectivity index (χ3n) is 6.53. The van der Waals surface area contributed by atoms with E-state index in [0.717, 1.165) is 21.4 Å². The molecule has 5 rings (SSSR count). The van der Waals surface area contributed by atoms with Gasteiger partial charge in [-0.2, -0.15) is 4.31 Å². The third-order valence-corrected chi connectivity index (χ3v) is 8.29. The standard InChI is InChI=1S/C28H29FN4O5S/c1-32(2)26-10-4-7-22(31-26)18-37-23-8-3-6-19(14-23)17-30-28(34)24-9-5-13-33(24)39(35,36)27-16-20-15-21(29)11-12-25(20)38-27/h3-4,6-8,10-12,14-16,24H,5,9,13,17-18H2,1-2H3,(H,30,34). The van der Waals surface area contributed by atoms with E-state index in [1.807, 2.05) is 61.5 Å². The number of ether oxygens (including phenoxy) is 1. The number of furan rings is 1. The molecule has 39 heavy (non-hydrogen) atoms. The Hall–Kier alpha value is -3.96. The van der Waals surface area contributed by atoms with E-state index in [0.29, 0.717) is 30.6 Å². The van der Waals surface area contributed by atoms with Crippen LogP contribution in [0.25, 0.3) is 11.0 Å². The van der Waals surface area contributed by atoms with Crippen LogP contribution in [0.5, 0.6) is 5.75 Å². The summed E-state index contributed by atoms with van der Waals surface area (Å²) in [6.45, 7) is 0.692. The second-order valence-electron chi connectivity index (χ2n) is 9.56. The molecule has 11 heteroatoms. The van der Waals surface area contributed by atoms with Crippen LogP contribution in [0.1, 0.15) is 24.1 Å². The first kappa shape index (κ1) is 26.6. The van der Waals surface area contributed by atoms with Gasteiger partial charge in [-0.15, -0.1) is 0 Å². The van der Waals surface area contributed by atoms with Crippen LogP contribution in [0.4, 0.5) is 10.2 Å². The topological polar surface area (TPSA) is 105 Å². The number of fused-ring (bicyclic) bond motifs is 1. The van der Waals surface area contributed by atoms with Crippen molar-refractivity contribution in [1.82, 2.24) is 14.6 Å². The molecule has 1 aliphatic heterocycles. The predicted octanol–water partition coefficient (Wildman–Crippen LogP) is 4.08. The molecule has 0 spiro atoms. The lowest BCUT2D eigenvalue weighted by molar-refractivity contribution is -0.124. The highest BCUT2D eigenvalue weighted by Gasteiger charge is 2.41. The van der Waals surface area contributed by atoms with E-state index in [1.165, 1.54) is 24.3 Å². The predicted molar refractivity (Wildman–Crippen MR) is 144 cm³/mol. The van der Waals surface area contributed by atoms with Gasteiger partial charge in [0.15, 0.2) is 0 Å². The number of halogens is 1. The molecule has 2 aromatic heterocycles. The fraction of sp³-hybridized carbons (Fsp3) is 0.286. The minimum Gasteiger partial charge on any atom is -0.487 e. The molecule has 1 unspecified atom stereocenters. The van der Waals surface area contributed by atoms with E-state index in [9.17, 15) is 17.6 Å². The van der Waals surface area contributed by atoms with Crippen molar-refractivity contribution in [2.75, 3.05) is 25.5 Å². The Morgan fingerprint density at radius 1 is 1.15 bits per heavy atom. The van der Waals surface area contributed by atoms with Crippen LogP contribution in [0.2, 0.25) is 0 Å². The summed E-state index contributed by atoms with van der Waals surface area (Å²) >= 11 is 0. The summed E-state index contributed by atoms with van der Waals surface area (Å²) in [6, 6.07) is 17.3. The molecule has 1 amide bonds. The van der Waals surface area contributed by atoms with E-state index in [4.69, 9.17) is 9.15 Å². The van der Waals surface area contributed by atoms with Gasteiger partial charge in [-0.3, -0.25) is 4.79 Å². The Kier molecular flexibility index (Phi) is 7.53. The molecular weight excluding hydrogens is 523 g/mol. The number of nitrogens with zero attached hydrogens (tertiary/aromatic N) is 3. The maximum atomic E-state index is 13.6. The van der Waals surface area contributed by atoms with Crippen molar-refractivity contribution in [2.45, 2.75) is 37.1 Å². The maximum absolute atomic E-state index is 13.6. The molecule has 1 fully saturated rings. The van der Waals surface area contributed by atoms with Gasteiger partial charge in [0, 0.05) is 38.6 Å². The summed E-state index contributed by atoms with van der Waals surface area (Å²) in [7, 11) is -0.240. The Bertz CT molecular complexity index is 1600. The van der Waals surface area contributed by atoms with Gasteiger partial charge < -0.3 is 19.4 Å². The lowest BCUT2D eigenvalue weighted by Crippen LogP contribution is -2.45. The molecule has 9 nitrogen and oxygen atoms in total.